The van der Waals surface area contributed by atoms with Gasteiger partial charge in [-0.2, -0.15) is 0 Å². The van der Waals surface area contributed by atoms with Gasteiger partial charge in [0.2, 0.25) is 0 Å². The summed E-state index contributed by atoms with van der Waals surface area (Å²) in [4.78, 5) is 55.6. The van der Waals surface area contributed by atoms with E-state index >= 15 is 0 Å². The first-order chi connectivity index (χ1) is 21.7. The van der Waals surface area contributed by atoms with Crippen molar-refractivity contribution in [3.8, 4) is 0 Å². The normalized spacial score (nSPS) is 38.7. The fourth-order valence-electron chi connectivity index (χ4n) is 6.68. The Morgan fingerprint density at radius 1 is 1.17 bits per heavy atom. The van der Waals surface area contributed by atoms with E-state index in [1.807, 2.05) is 25.9 Å². The summed E-state index contributed by atoms with van der Waals surface area (Å²) in [6.07, 6.45) is -1.92. The lowest BCUT2D eigenvalue weighted by Crippen LogP contribution is -2.60. The number of aliphatic hydroxyl groups is 1. The van der Waals surface area contributed by atoms with Gasteiger partial charge in [-0.3, -0.25) is 19.2 Å². The molecule has 2 heterocycles. The van der Waals surface area contributed by atoms with Crippen molar-refractivity contribution in [2.45, 2.75) is 134 Å². The zero-order valence-corrected chi connectivity index (χ0v) is 32.9. The zero-order valence-electron chi connectivity index (χ0n) is 29.7. The molecule has 0 amide bonds. The maximum absolute atomic E-state index is 14.2. The lowest BCUT2D eigenvalue weighted by atomic mass is 9.76. The van der Waals surface area contributed by atoms with E-state index in [1.54, 1.807) is 34.6 Å². The lowest BCUT2D eigenvalue weighted by Gasteiger charge is -2.48. The third kappa shape index (κ3) is 10.9. The van der Waals surface area contributed by atoms with Gasteiger partial charge < -0.3 is 33.7 Å². The van der Waals surface area contributed by atoms with Crippen LogP contribution in [0, 0.1) is 17.8 Å². The predicted octanol–water partition coefficient (Wildman–Crippen LogP) is 4.77. The molecule has 2 rings (SSSR count). The Hall–Kier alpha value is -1.22. The quantitative estimate of drug-likeness (QED) is 0.196. The fraction of sp³-hybridized carbons (Fsp3) is 0.824. The van der Waals surface area contributed by atoms with E-state index in [2.05, 4.69) is 31.9 Å². The van der Waals surface area contributed by atoms with Crippen molar-refractivity contribution in [3.05, 3.63) is 11.6 Å². The van der Waals surface area contributed by atoms with Crippen molar-refractivity contribution in [2.75, 3.05) is 26.0 Å². The summed E-state index contributed by atoms with van der Waals surface area (Å²) in [6.45, 7) is 14.9. The summed E-state index contributed by atoms with van der Waals surface area (Å²) in [6, 6.07) is -0.259. The van der Waals surface area contributed by atoms with E-state index in [0.717, 1.165) is 0 Å². The standard InChI is InChI=1S/C34H55Br2NO10/c1-12-26-33(8,42)14-18(2)27(39)19(3)15-34(9,43-17-24(36)16-35)30(21(5)28(40)22(6)31(41)46-26)47-32-29(45-23(7)38)25(37(10)11)13-20(4)44-32/h14,19-22,24-26,29-30,32,42H,12-13,15-17H2,1-11H3/t19-,20-,21+,22-,24?,25+,26-,29-,30-,32+,33+,34+/m1/s1. The number of carbonyl (C=O) groups excluding carboxylic acids is 4. The maximum Gasteiger partial charge on any atom is 0.316 e. The number of alkyl halides is 2. The molecule has 0 aromatic heterocycles. The highest BCUT2D eigenvalue weighted by molar-refractivity contribution is 9.12. The molecule has 1 saturated heterocycles. The van der Waals surface area contributed by atoms with Crippen LogP contribution in [0.3, 0.4) is 0 Å². The minimum absolute atomic E-state index is 0.112. The average Bonchev–Trinajstić information content (AvgIpc) is 2.99. The number of esters is 2. The summed E-state index contributed by atoms with van der Waals surface area (Å²) < 4.78 is 31.1. The van der Waals surface area contributed by atoms with Gasteiger partial charge in [0.1, 0.15) is 17.6 Å². The van der Waals surface area contributed by atoms with E-state index in [9.17, 15) is 24.3 Å². The first-order valence-electron chi connectivity index (χ1n) is 16.4. The highest BCUT2D eigenvalue weighted by Gasteiger charge is 2.51. The van der Waals surface area contributed by atoms with Gasteiger partial charge in [0.25, 0.3) is 0 Å². The lowest BCUT2D eigenvalue weighted by molar-refractivity contribution is -0.299. The molecule has 13 heteroatoms. The van der Waals surface area contributed by atoms with E-state index in [4.69, 9.17) is 23.7 Å². The van der Waals surface area contributed by atoms with Gasteiger partial charge in [0, 0.05) is 28.9 Å². The number of ketones is 2. The molecule has 0 bridgehead atoms. The van der Waals surface area contributed by atoms with E-state index in [0.29, 0.717) is 17.3 Å². The highest BCUT2D eigenvalue weighted by Crippen LogP contribution is 2.38. The Balaban J connectivity index is 2.79. The van der Waals surface area contributed by atoms with Crippen LogP contribution in [0.1, 0.15) is 81.6 Å². The number of hydrogen-bond acceptors (Lipinski definition) is 11. The fourth-order valence-corrected chi connectivity index (χ4v) is 7.00. The Bertz CT molecular complexity index is 1150. The van der Waals surface area contributed by atoms with Crippen molar-refractivity contribution in [2.24, 2.45) is 17.8 Å². The van der Waals surface area contributed by atoms with E-state index in [-0.39, 0.29) is 42.2 Å². The van der Waals surface area contributed by atoms with Crippen LogP contribution in [0.25, 0.3) is 0 Å². The molecule has 1 N–H and O–H groups in total. The Kier molecular flexibility index (Phi) is 15.7. The van der Waals surface area contributed by atoms with Gasteiger partial charge in [-0.25, -0.2) is 0 Å². The van der Waals surface area contributed by atoms with Crippen molar-refractivity contribution >= 4 is 55.4 Å². The summed E-state index contributed by atoms with van der Waals surface area (Å²) in [5.74, 6) is -4.85. The number of hydrogen-bond donors (Lipinski definition) is 1. The molecule has 270 valence electrons. The van der Waals surface area contributed by atoms with Crippen molar-refractivity contribution in [1.29, 1.82) is 0 Å². The molecular formula is C34H55Br2NO10. The summed E-state index contributed by atoms with van der Waals surface area (Å²) in [5, 5.41) is 11.9. The first kappa shape index (κ1) is 41.9. The van der Waals surface area contributed by atoms with Crippen LogP contribution in [-0.4, -0.2) is 112 Å². The maximum atomic E-state index is 14.2. The van der Waals surface area contributed by atoms with Crippen LogP contribution in [-0.2, 0) is 42.9 Å². The van der Waals surface area contributed by atoms with Crippen LogP contribution in [0.4, 0.5) is 0 Å². The van der Waals surface area contributed by atoms with Gasteiger partial charge in [-0.05, 0) is 79.6 Å². The number of allylic oxidation sites excluding steroid dienone is 1. The number of cyclic esters (lactones) is 1. The van der Waals surface area contributed by atoms with Gasteiger partial charge in [0.05, 0.1) is 30.5 Å². The van der Waals surface area contributed by atoms with Gasteiger partial charge in [-0.15, -0.1) is 0 Å². The van der Waals surface area contributed by atoms with Crippen LogP contribution in [0.5, 0.6) is 0 Å². The largest absolute Gasteiger partial charge is 0.458 e. The van der Waals surface area contributed by atoms with Crippen LogP contribution in [0.2, 0.25) is 0 Å². The Morgan fingerprint density at radius 2 is 1.79 bits per heavy atom. The SMILES string of the molecule is CC[C@H]1OC(=O)[C@H](C)C(=O)[C@H](C)[C@@H](O[C@@H]2O[C@H](C)C[C@H](N(C)C)[C@H]2OC(C)=O)[C@@](C)(OCC(Br)CBr)C[C@@H](C)C(=O)C(C)=C[C@]1(C)O. The minimum Gasteiger partial charge on any atom is -0.458 e. The Labute approximate surface area is 297 Å². The van der Waals surface area contributed by atoms with E-state index in [1.165, 1.54) is 26.8 Å². The Morgan fingerprint density at radius 3 is 2.32 bits per heavy atom. The number of likely N-dealkylation sites (N-methyl/N-ethyl adjacent to an activating group) is 1. The van der Waals surface area contributed by atoms with Crippen molar-refractivity contribution < 1.29 is 48.0 Å². The zero-order chi connectivity index (χ0) is 36.0. The molecule has 12 atom stereocenters. The molecule has 1 unspecified atom stereocenters. The summed E-state index contributed by atoms with van der Waals surface area (Å²) >= 11 is 7.05. The first-order valence-corrected chi connectivity index (χ1v) is 18.4. The second-order valence-corrected chi connectivity index (χ2v) is 15.8. The number of rotatable bonds is 9. The monoisotopic (exact) mass is 795 g/mol. The van der Waals surface area contributed by atoms with Gasteiger partial charge >= 0.3 is 11.9 Å². The number of halogens is 2. The van der Waals surface area contributed by atoms with Gasteiger partial charge in [-0.1, -0.05) is 52.6 Å². The third-order valence-electron chi connectivity index (χ3n) is 9.22. The molecule has 0 aromatic carbocycles. The van der Waals surface area contributed by atoms with Crippen molar-refractivity contribution in [1.82, 2.24) is 4.90 Å². The van der Waals surface area contributed by atoms with Crippen LogP contribution >= 0.6 is 31.9 Å². The van der Waals surface area contributed by atoms with Crippen LogP contribution < -0.4 is 0 Å². The molecule has 0 saturated carbocycles. The molecule has 2 aliphatic rings. The van der Waals surface area contributed by atoms with Gasteiger partial charge in [0.15, 0.2) is 24.0 Å². The smallest absolute Gasteiger partial charge is 0.316 e. The predicted molar refractivity (Wildman–Crippen MR) is 184 cm³/mol. The second kappa shape index (κ2) is 17.6. The minimum atomic E-state index is -1.66. The molecule has 2 aliphatic heterocycles. The summed E-state index contributed by atoms with van der Waals surface area (Å²) in [5.41, 5.74) is -2.64. The van der Waals surface area contributed by atoms with Crippen LogP contribution in [0.15, 0.2) is 11.6 Å². The number of Topliss-reactive ketones (excluding diaryl/α,β-unsaturated/α-hetero) is 2. The molecule has 0 aliphatic carbocycles. The highest BCUT2D eigenvalue weighted by atomic mass is 79.9. The number of ether oxygens (including phenoxy) is 5. The molecule has 0 radical (unpaired) electrons. The molecular weight excluding hydrogens is 742 g/mol. The molecule has 0 spiro atoms. The summed E-state index contributed by atoms with van der Waals surface area (Å²) in [7, 11) is 3.76. The van der Waals surface area contributed by atoms with E-state index < -0.39 is 71.3 Å². The topological polar surface area (TPSA) is 138 Å². The second-order valence-electron chi connectivity index (χ2n) is 13.9. The molecule has 11 nitrogen and oxygen atoms in total. The molecule has 47 heavy (non-hydrogen) atoms. The molecule has 0 aromatic rings. The molecule has 1 fully saturated rings. The average molecular weight is 798 g/mol. The number of carbonyl (C=O) groups is 4. The number of nitrogens with zero attached hydrogens (tertiary/aromatic N) is 1. The van der Waals surface area contributed by atoms with Crippen molar-refractivity contribution in [3.63, 3.8) is 0 Å². The third-order valence-corrected chi connectivity index (χ3v) is 11.5.